The SMILES string of the molecule is Cc1ccc(NC(=O)Cn2cnc(N)n2)c(C)c1. The molecule has 0 spiro atoms. The van der Waals surface area contributed by atoms with Crippen molar-refractivity contribution in [3.8, 4) is 0 Å². The van der Waals surface area contributed by atoms with Crippen LogP contribution in [0.3, 0.4) is 0 Å². The van der Waals surface area contributed by atoms with Crippen molar-refractivity contribution >= 4 is 17.5 Å². The zero-order chi connectivity index (χ0) is 13.1. The van der Waals surface area contributed by atoms with Gasteiger partial charge in [-0.25, -0.2) is 9.67 Å². The number of nitrogens with zero attached hydrogens (tertiary/aromatic N) is 3. The van der Waals surface area contributed by atoms with Gasteiger partial charge in [0.2, 0.25) is 11.9 Å². The van der Waals surface area contributed by atoms with Gasteiger partial charge >= 0.3 is 0 Å². The molecular formula is C12H15N5O. The molecule has 18 heavy (non-hydrogen) atoms. The third-order valence-corrected chi connectivity index (χ3v) is 2.52. The molecule has 0 saturated carbocycles. The Labute approximate surface area is 105 Å². The largest absolute Gasteiger partial charge is 0.367 e. The smallest absolute Gasteiger partial charge is 0.246 e. The molecule has 1 amide bonds. The Morgan fingerprint density at radius 2 is 2.22 bits per heavy atom. The maximum atomic E-state index is 11.8. The van der Waals surface area contributed by atoms with E-state index in [2.05, 4.69) is 15.4 Å². The number of rotatable bonds is 3. The summed E-state index contributed by atoms with van der Waals surface area (Å²) in [6.45, 7) is 4.06. The second kappa shape index (κ2) is 4.87. The number of amides is 1. The number of carbonyl (C=O) groups excluding carboxylic acids is 1. The molecule has 6 nitrogen and oxygen atoms in total. The maximum Gasteiger partial charge on any atom is 0.246 e. The van der Waals surface area contributed by atoms with Crippen LogP contribution < -0.4 is 11.1 Å². The summed E-state index contributed by atoms with van der Waals surface area (Å²) < 4.78 is 1.40. The summed E-state index contributed by atoms with van der Waals surface area (Å²) in [7, 11) is 0. The van der Waals surface area contributed by atoms with Crippen molar-refractivity contribution in [3.05, 3.63) is 35.7 Å². The van der Waals surface area contributed by atoms with Crippen molar-refractivity contribution in [3.63, 3.8) is 0 Å². The van der Waals surface area contributed by atoms with Gasteiger partial charge in [0, 0.05) is 5.69 Å². The van der Waals surface area contributed by atoms with Crippen LogP contribution in [-0.2, 0) is 11.3 Å². The number of nitrogens with one attached hydrogen (secondary N) is 1. The van der Waals surface area contributed by atoms with Crippen LogP contribution in [0.2, 0.25) is 0 Å². The van der Waals surface area contributed by atoms with Gasteiger partial charge in [0.15, 0.2) is 0 Å². The number of anilines is 2. The van der Waals surface area contributed by atoms with Gasteiger partial charge < -0.3 is 11.1 Å². The molecule has 1 aromatic carbocycles. The van der Waals surface area contributed by atoms with Crippen molar-refractivity contribution in [1.82, 2.24) is 14.8 Å². The Balaban J connectivity index is 2.03. The van der Waals surface area contributed by atoms with Gasteiger partial charge in [-0.05, 0) is 25.5 Å². The van der Waals surface area contributed by atoms with E-state index in [4.69, 9.17) is 5.73 Å². The van der Waals surface area contributed by atoms with Crippen molar-refractivity contribution in [2.24, 2.45) is 0 Å². The fourth-order valence-corrected chi connectivity index (χ4v) is 1.68. The first-order valence-corrected chi connectivity index (χ1v) is 5.56. The Kier molecular flexibility index (Phi) is 3.27. The summed E-state index contributed by atoms with van der Waals surface area (Å²) in [5.41, 5.74) is 8.37. The molecule has 1 aromatic heterocycles. The van der Waals surface area contributed by atoms with Gasteiger partial charge in [0.1, 0.15) is 12.9 Å². The predicted octanol–water partition coefficient (Wildman–Crippen LogP) is 1.12. The van der Waals surface area contributed by atoms with E-state index in [0.29, 0.717) is 0 Å². The number of nitrogens with two attached hydrogens (primary N) is 1. The number of aryl methyl sites for hydroxylation is 2. The highest BCUT2D eigenvalue weighted by Gasteiger charge is 2.06. The van der Waals surface area contributed by atoms with Gasteiger partial charge in [-0.1, -0.05) is 17.7 Å². The molecule has 2 aromatic rings. The quantitative estimate of drug-likeness (QED) is 0.848. The second-order valence-electron chi connectivity index (χ2n) is 4.17. The van der Waals surface area contributed by atoms with Crippen LogP contribution in [0.25, 0.3) is 0 Å². The molecule has 0 radical (unpaired) electrons. The third-order valence-electron chi connectivity index (χ3n) is 2.52. The first-order valence-electron chi connectivity index (χ1n) is 5.56. The molecule has 0 unspecified atom stereocenters. The Morgan fingerprint density at radius 3 is 2.83 bits per heavy atom. The van der Waals surface area contributed by atoms with Crippen LogP contribution in [-0.4, -0.2) is 20.7 Å². The molecule has 2 rings (SSSR count). The Bertz CT molecular complexity index is 576. The molecule has 3 N–H and O–H groups in total. The average Bonchev–Trinajstić information content (AvgIpc) is 2.68. The number of nitrogen functional groups attached to an aromatic ring is 1. The minimum atomic E-state index is -0.160. The van der Waals surface area contributed by atoms with Crippen LogP contribution >= 0.6 is 0 Å². The summed E-state index contributed by atoms with van der Waals surface area (Å²) >= 11 is 0. The number of benzene rings is 1. The first kappa shape index (κ1) is 12.1. The van der Waals surface area contributed by atoms with E-state index in [1.807, 2.05) is 32.0 Å². The molecule has 6 heteroatoms. The molecule has 94 valence electrons. The van der Waals surface area contributed by atoms with E-state index in [1.165, 1.54) is 11.0 Å². The lowest BCUT2D eigenvalue weighted by Crippen LogP contribution is -2.19. The number of hydrogen-bond acceptors (Lipinski definition) is 4. The molecule has 0 aliphatic carbocycles. The summed E-state index contributed by atoms with van der Waals surface area (Å²) in [6, 6.07) is 5.86. The lowest BCUT2D eigenvalue weighted by Gasteiger charge is -2.08. The van der Waals surface area contributed by atoms with Gasteiger partial charge in [0.25, 0.3) is 0 Å². The van der Waals surface area contributed by atoms with Crippen molar-refractivity contribution in [2.75, 3.05) is 11.1 Å². The number of aromatic nitrogens is 3. The van der Waals surface area contributed by atoms with E-state index < -0.39 is 0 Å². The van der Waals surface area contributed by atoms with E-state index in [-0.39, 0.29) is 18.4 Å². The van der Waals surface area contributed by atoms with E-state index >= 15 is 0 Å². The van der Waals surface area contributed by atoms with E-state index in [1.54, 1.807) is 0 Å². The fourth-order valence-electron chi connectivity index (χ4n) is 1.68. The van der Waals surface area contributed by atoms with Crippen LogP contribution in [0, 0.1) is 13.8 Å². The lowest BCUT2D eigenvalue weighted by atomic mass is 10.1. The third kappa shape index (κ3) is 2.85. The first-order chi connectivity index (χ1) is 8.54. The Morgan fingerprint density at radius 1 is 1.44 bits per heavy atom. The monoisotopic (exact) mass is 245 g/mol. The minimum Gasteiger partial charge on any atom is -0.367 e. The molecular weight excluding hydrogens is 230 g/mol. The lowest BCUT2D eigenvalue weighted by molar-refractivity contribution is -0.116. The van der Waals surface area contributed by atoms with Crippen LogP contribution in [0.15, 0.2) is 24.5 Å². The highest BCUT2D eigenvalue weighted by molar-refractivity contribution is 5.91. The zero-order valence-corrected chi connectivity index (χ0v) is 10.3. The van der Waals surface area contributed by atoms with Crippen LogP contribution in [0.1, 0.15) is 11.1 Å². The number of hydrogen-bond donors (Lipinski definition) is 2. The van der Waals surface area contributed by atoms with E-state index in [9.17, 15) is 4.79 Å². The van der Waals surface area contributed by atoms with Gasteiger partial charge in [-0.15, -0.1) is 5.10 Å². The van der Waals surface area contributed by atoms with Crippen molar-refractivity contribution in [2.45, 2.75) is 20.4 Å². The molecule has 0 bridgehead atoms. The molecule has 0 aliphatic heterocycles. The van der Waals surface area contributed by atoms with Crippen LogP contribution in [0.4, 0.5) is 11.6 Å². The Hall–Kier alpha value is -2.37. The van der Waals surface area contributed by atoms with Gasteiger partial charge in [0.05, 0.1) is 0 Å². The van der Waals surface area contributed by atoms with Crippen molar-refractivity contribution < 1.29 is 4.79 Å². The van der Waals surface area contributed by atoms with Crippen molar-refractivity contribution in [1.29, 1.82) is 0 Å². The zero-order valence-electron chi connectivity index (χ0n) is 10.3. The molecule has 0 saturated heterocycles. The molecule has 1 heterocycles. The molecule has 0 aliphatic rings. The highest BCUT2D eigenvalue weighted by Crippen LogP contribution is 2.15. The van der Waals surface area contributed by atoms with Gasteiger partial charge in [-0.2, -0.15) is 0 Å². The average molecular weight is 245 g/mol. The fraction of sp³-hybridized carbons (Fsp3) is 0.250. The summed E-state index contributed by atoms with van der Waals surface area (Å²) in [6.07, 6.45) is 1.43. The van der Waals surface area contributed by atoms with E-state index in [0.717, 1.165) is 16.8 Å². The van der Waals surface area contributed by atoms with Crippen LogP contribution in [0.5, 0.6) is 0 Å². The predicted molar refractivity (Wildman–Crippen MR) is 69.0 cm³/mol. The molecule has 0 fully saturated rings. The topological polar surface area (TPSA) is 85.8 Å². The summed E-state index contributed by atoms with van der Waals surface area (Å²) in [4.78, 5) is 15.5. The second-order valence-corrected chi connectivity index (χ2v) is 4.17. The minimum absolute atomic E-state index is 0.0948. The number of carbonyl (C=O) groups is 1. The highest BCUT2D eigenvalue weighted by atomic mass is 16.2. The molecule has 0 atom stereocenters. The summed E-state index contributed by atoms with van der Waals surface area (Å²) in [5.74, 6) is 0.00108. The standard InChI is InChI=1S/C12H15N5O/c1-8-3-4-10(9(2)5-8)15-11(18)6-17-7-14-12(13)16-17/h3-5,7H,6H2,1-2H3,(H2,13,16)(H,15,18). The normalized spacial score (nSPS) is 10.3. The maximum absolute atomic E-state index is 11.8. The van der Waals surface area contributed by atoms with Gasteiger partial charge in [-0.3, -0.25) is 4.79 Å². The summed E-state index contributed by atoms with van der Waals surface area (Å²) in [5, 5.41) is 6.68.